The van der Waals surface area contributed by atoms with Crippen LogP contribution in [0.4, 0.5) is 4.79 Å². The van der Waals surface area contributed by atoms with Crippen LogP contribution in [-0.2, 0) is 4.74 Å². The molecule has 1 rings (SSSR count). The molecule has 1 saturated carbocycles. The molecule has 136 valence electrons. The number of nitrogens with zero attached hydrogens (tertiary/aromatic N) is 1. The van der Waals surface area contributed by atoms with Gasteiger partial charge in [0.1, 0.15) is 5.60 Å². The summed E-state index contributed by atoms with van der Waals surface area (Å²) in [5.74, 6) is 0.746. The van der Waals surface area contributed by atoms with Crippen LogP contribution in [0.1, 0.15) is 66.7 Å². The van der Waals surface area contributed by atoms with Crippen LogP contribution in [0.5, 0.6) is 0 Å². The van der Waals surface area contributed by atoms with Crippen LogP contribution in [-0.4, -0.2) is 53.5 Å². The van der Waals surface area contributed by atoms with E-state index in [4.69, 9.17) is 4.74 Å². The van der Waals surface area contributed by atoms with Crippen molar-refractivity contribution in [1.29, 1.82) is 0 Å². The van der Waals surface area contributed by atoms with Crippen LogP contribution in [0.15, 0.2) is 0 Å². The molecule has 1 amide bonds. The highest BCUT2D eigenvalue weighted by Gasteiger charge is 2.25. The standard InChI is InChI=1S/C18H36N2O3/c1-6-15-9-7-8-10-16(15)19-11-12-20(13-14(2)21)17(22)23-18(3,4)5/h14-16,19,21H,6-13H2,1-5H3. The third-order valence-electron chi connectivity index (χ3n) is 4.36. The van der Waals surface area contributed by atoms with E-state index in [0.29, 0.717) is 19.1 Å². The molecule has 0 aromatic rings. The largest absolute Gasteiger partial charge is 0.444 e. The van der Waals surface area contributed by atoms with Crippen molar-refractivity contribution in [2.75, 3.05) is 19.6 Å². The van der Waals surface area contributed by atoms with Crippen molar-refractivity contribution >= 4 is 6.09 Å². The number of carbonyl (C=O) groups is 1. The third-order valence-corrected chi connectivity index (χ3v) is 4.36. The number of aliphatic hydroxyl groups is 1. The lowest BCUT2D eigenvalue weighted by atomic mass is 9.83. The highest BCUT2D eigenvalue weighted by Crippen LogP contribution is 2.26. The molecular weight excluding hydrogens is 292 g/mol. The van der Waals surface area contributed by atoms with E-state index in [0.717, 1.165) is 12.5 Å². The van der Waals surface area contributed by atoms with Crippen LogP contribution in [0.2, 0.25) is 0 Å². The van der Waals surface area contributed by atoms with Gasteiger partial charge in [0, 0.05) is 25.7 Å². The van der Waals surface area contributed by atoms with Crippen molar-refractivity contribution < 1.29 is 14.6 Å². The van der Waals surface area contributed by atoms with Crippen LogP contribution in [0.3, 0.4) is 0 Å². The summed E-state index contributed by atoms with van der Waals surface area (Å²) in [7, 11) is 0. The van der Waals surface area contributed by atoms with E-state index in [2.05, 4.69) is 12.2 Å². The minimum atomic E-state index is -0.555. The molecule has 1 aliphatic carbocycles. The van der Waals surface area contributed by atoms with Gasteiger partial charge < -0.3 is 20.1 Å². The van der Waals surface area contributed by atoms with E-state index >= 15 is 0 Å². The number of ether oxygens (including phenoxy) is 1. The smallest absolute Gasteiger partial charge is 0.410 e. The molecule has 5 nitrogen and oxygen atoms in total. The first-order chi connectivity index (χ1) is 10.7. The maximum absolute atomic E-state index is 12.3. The first-order valence-electron chi connectivity index (χ1n) is 9.12. The molecule has 0 radical (unpaired) electrons. The van der Waals surface area contributed by atoms with Gasteiger partial charge in [0.15, 0.2) is 0 Å². The van der Waals surface area contributed by atoms with Crippen molar-refractivity contribution in [3.63, 3.8) is 0 Å². The molecule has 3 atom stereocenters. The summed E-state index contributed by atoms with van der Waals surface area (Å²) in [6, 6.07) is 0.556. The maximum atomic E-state index is 12.3. The monoisotopic (exact) mass is 328 g/mol. The van der Waals surface area contributed by atoms with Crippen LogP contribution in [0.25, 0.3) is 0 Å². The van der Waals surface area contributed by atoms with Gasteiger partial charge in [-0.1, -0.05) is 26.2 Å². The second kappa shape index (κ2) is 9.48. The van der Waals surface area contributed by atoms with Crippen molar-refractivity contribution in [1.82, 2.24) is 10.2 Å². The van der Waals surface area contributed by atoms with Gasteiger partial charge >= 0.3 is 6.09 Å². The number of hydrogen-bond donors (Lipinski definition) is 2. The topological polar surface area (TPSA) is 61.8 Å². The van der Waals surface area contributed by atoms with Crippen molar-refractivity contribution in [3.05, 3.63) is 0 Å². The summed E-state index contributed by atoms with van der Waals surface area (Å²) in [5, 5.41) is 13.2. The van der Waals surface area contributed by atoms with E-state index in [1.807, 2.05) is 20.8 Å². The summed E-state index contributed by atoms with van der Waals surface area (Å²) in [4.78, 5) is 13.9. The molecule has 0 aromatic carbocycles. The predicted octanol–water partition coefficient (Wildman–Crippen LogP) is 3.16. The second-order valence-electron chi connectivity index (χ2n) is 7.79. The fraction of sp³-hybridized carbons (Fsp3) is 0.944. The van der Waals surface area contributed by atoms with Gasteiger partial charge in [0.05, 0.1) is 6.10 Å². The zero-order valence-corrected chi connectivity index (χ0v) is 15.6. The second-order valence-corrected chi connectivity index (χ2v) is 7.79. The van der Waals surface area contributed by atoms with Gasteiger partial charge in [-0.25, -0.2) is 4.79 Å². The quantitative estimate of drug-likeness (QED) is 0.753. The van der Waals surface area contributed by atoms with Crippen LogP contribution in [0, 0.1) is 5.92 Å². The molecule has 1 fully saturated rings. The molecule has 23 heavy (non-hydrogen) atoms. The Labute approximate surface area is 141 Å². The summed E-state index contributed by atoms with van der Waals surface area (Å²) < 4.78 is 5.43. The molecule has 0 heterocycles. The minimum absolute atomic E-state index is 0.304. The maximum Gasteiger partial charge on any atom is 0.410 e. The van der Waals surface area contributed by atoms with E-state index in [9.17, 15) is 9.90 Å². The van der Waals surface area contributed by atoms with Gasteiger partial charge in [-0.2, -0.15) is 0 Å². The Hall–Kier alpha value is -0.810. The number of aliphatic hydroxyl groups excluding tert-OH is 1. The normalized spacial score (nSPS) is 23.4. The van der Waals surface area contributed by atoms with E-state index in [1.165, 1.54) is 32.1 Å². The van der Waals surface area contributed by atoms with Crippen molar-refractivity contribution in [2.24, 2.45) is 5.92 Å². The number of nitrogens with one attached hydrogen (secondary N) is 1. The van der Waals surface area contributed by atoms with Crippen molar-refractivity contribution in [3.8, 4) is 0 Å². The highest BCUT2D eigenvalue weighted by atomic mass is 16.6. The van der Waals surface area contributed by atoms with Gasteiger partial charge in [-0.3, -0.25) is 0 Å². The summed E-state index contributed by atoms with van der Waals surface area (Å²) in [6.07, 6.45) is 5.46. The predicted molar refractivity (Wildman–Crippen MR) is 93.5 cm³/mol. The Morgan fingerprint density at radius 2 is 2.00 bits per heavy atom. The molecule has 0 aromatic heterocycles. The number of rotatable bonds is 7. The SMILES string of the molecule is CCC1CCCCC1NCCN(CC(C)O)C(=O)OC(C)(C)C. The third kappa shape index (κ3) is 8.02. The van der Waals surface area contributed by atoms with Gasteiger partial charge in [0.25, 0.3) is 0 Å². The molecule has 3 unspecified atom stereocenters. The average Bonchev–Trinajstić information content (AvgIpc) is 2.44. The number of carbonyl (C=O) groups excluding carboxylic acids is 1. The molecule has 0 bridgehead atoms. The first kappa shape index (κ1) is 20.2. The van der Waals surface area contributed by atoms with Crippen molar-refractivity contribution in [2.45, 2.75) is 84.5 Å². The van der Waals surface area contributed by atoms with E-state index in [1.54, 1.807) is 11.8 Å². The molecule has 5 heteroatoms. The zero-order chi connectivity index (χ0) is 17.5. The summed E-state index contributed by atoms with van der Waals surface area (Å²) >= 11 is 0. The lowest BCUT2D eigenvalue weighted by Crippen LogP contribution is -2.46. The Balaban J connectivity index is 2.48. The molecule has 0 spiro atoms. The van der Waals surface area contributed by atoms with E-state index < -0.39 is 11.7 Å². The first-order valence-corrected chi connectivity index (χ1v) is 9.12. The van der Waals surface area contributed by atoms with Gasteiger partial charge in [-0.15, -0.1) is 0 Å². The summed E-state index contributed by atoms with van der Waals surface area (Å²) in [5.41, 5.74) is -0.516. The van der Waals surface area contributed by atoms with E-state index in [-0.39, 0.29) is 6.09 Å². The average molecular weight is 328 g/mol. The van der Waals surface area contributed by atoms with Gasteiger partial charge in [-0.05, 0) is 46.5 Å². The number of hydrogen-bond acceptors (Lipinski definition) is 4. The molecule has 0 saturated heterocycles. The fourth-order valence-electron chi connectivity index (χ4n) is 3.25. The highest BCUT2D eigenvalue weighted by molar-refractivity contribution is 5.68. The van der Waals surface area contributed by atoms with Gasteiger partial charge in [0.2, 0.25) is 0 Å². The Kier molecular flexibility index (Phi) is 8.34. The Bertz CT molecular complexity index is 353. The summed E-state index contributed by atoms with van der Waals surface area (Å²) in [6.45, 7) is 11.1. The van der Waals surface area contributed by atoms with Crippen LogP contribution >= 0.6 is 0 Å². The van der Waals surface area contributed by atoms with Crippen LogP contribution < -0.4 is 5.32 Å². The Morgan fingerprint density at radius 1 is 1.35 bits per heavy atom. The zero-order valence-electron chi connectivity index (χ0n) is 15.6. The fourth-order valence-corrected chi connectivity index (χ4v) is 3.25. The molecule has 0 aliphatic heterocycles. The number of amides is 1. The lowest BCUT2D eigenvalue weighted by Gasteiger charge is -2.33. The Morgan fingerprint density at radius 3 is 2.57 bits per heavy atom. The minimum Gasteiger partial charge on any atom is -0.444 e. The molecular formula is C18H36N2O3. The lowest BCUT2D eigenvalue weighted by molar-refractivity contribution is 0.0161. The molecule has 2 N–H and O–H groups in total. The molecule has 1 aliphatic rings.